The molecule has 1 heterocycles. The van der Waals surface area contributed by atoms with E-state index in [1.165, 1.54) is 11.8 Å². The van der Waals surface area contributed by atoms with Crippen LogP contribution in [0, 0.1) is 20.2 Å². The molecular formula is C16H10F3N3O5S. The van der Waals surface area contributed by atoms with Gasteiger partial charge in [-0.05, 0) is 5.56 Å². The van der Waals surface area contributed by atoms with Crippen LogP contribution in [0.5, 0.6) is 5.75 Å². The van der Waals surface area contributed by atoms with E-state index in [9.17, 15) is 33.4 Å². The molecule has 12 heteroatoms. The predicted molar refractivity (Wildman–Crippen MR) is 94.5 cm³/mol. The van der Waals surface area contributed by atoms with Gasteiger partial charge in [-0.2, -0.15) is 24.9 Å². The largest absolute Gasteiger partial charge is 0.416 e. The highest BCUT2D eigenvalue weighted by Crippen LogP contribution is 2.43. The highest BCUT2D eigenvalue weighted by molar-refractivity contribution is 7.99. The van der Waals surface area contributed by atoms with Crippen molar-refractivity contribution in [1.29, 1.82) is 0 Å². The molecular weight excluding hydrogens is 403 g/mol. The molecule has 8 nitrogen and oxygen atoms in total. The van der Waals surface area contributed by atoms with Gasteiger partial charge in [0, 0.05) is 29.2 Å². The standard InChI is InChI=1S/C16H10F3N3O5S/c17-16(18,19)10-5-13(21(23)24)15(14(6-10)22(25)26)27-20-12-8-28-7-9-3-1-2-4-11(9)12/h1-6H,7-8H2/b20-12-. The van der Waals surface area contributed by atoms with Gasteiger partial charge in [0.1, 0.15) is 0 Å². The topological polar surface area (TPSA) is 108 Å². The smallest absolute Gasteiger partial charge is 0.342 e. The van der Waals surface area contributed by atoms with Gasteiger partial charge in [0.2, 0.25) is 0 Å². The van der Waals surface area contributed by atoms with E-state index in [2.05, 4.69) is 5.16 Å². The van der Waals surface area contributed by atoms with Gasteiger partial charge in [-0.25, -0.2) is 0 Å². The van der Waals surface area contributed by atoms with Gasteiger partial charge in [0.05, 0.1) is 21.1 Å². The monoisotopic (exact) mass is 413 g/mol. The van der Waals surface area contributed by atoms with Crippen LogP contribution >= 0.6 is 11.8 Å². The minimum absolute atomic E-state index is 0.187. The van der Waals surface area contributed by atoms with E-state index in [0.29, 0.717) is 22.8 Å². The molecule has 0 bridgehead atoms. The molecule has 3 rings (SSSR count). The van der Waals surface area contributed by atoms with E-state index in [-0.39, 0.29) is 12.1 Å². The van der Waals surface area contributed by atoms with Crippen LogP contribution in [-0.2, 0) is 11.9 Å². The Morgan fingerprint density at radius 2 is 1.64 bits per heavy atom. The normalized spacial score (nSPS) is 15.2. The molecule has 1 aliphatic heterocycles. The van der Waals surface area contributed by atoms with E-state index < -0.39 is 38.7 Å². The average Bonchev–Trinajstić information content (AvgIpc) is 2.64. The summed E-state index contributed by atoms with van der Waals surface area (Å²) in [7, 11) is 0. The van der Waals surface area contributed by atoms with Crippen LogP contribution in [-0.4, -0.2) is 21.3 Å². The number of oxime groups is 1. The highest BCUT2D eigenvalue weighted by Gasteiger charge is 2.39. The molecule has 0 amide bonds. The first-order valence-corrected chi connectivity index (χ1v) is 8.78. The Morgan fingerprint density at radius 3 is 2.21 bits per heavy atom. The molecule has 2 aromatic rings. The lowest BCUT2D eigenvalue weighted by Gasteiger charge is -2.16. The van der Waals surface area contributed by atoms with Gasteiger partial charge in [-0.3, -0.25) is 20.2 Å². The van der Waals surface area contributed by atoms with Crippen LogP contribution in [0.1, 0.15) is 16.7 Å². The fourth-order valence-corrected chi connectivity index (χ4v) is 3.54. The van der Waals surface area contributed by atoms with E-state index in [4.69, 9.17) is 4.84 Å². The summed E-state index contributed by atoms with van der Waals surface area (Å²) in [5.74, 6) is 0.123. The Hall–Kier alpha value is -3.15. The third-order valence-corrected chi connectivity index (χ3v) is 4.83. The first-order chi connectivity index (χ1) is 13.2. The minimum Gasteiger partial charge on any atom is -0.342 e. The first-order valence-electron chi connectivity index (χ1n) is 7.62. The Morgan fingerprint density at radius 1 is 1.04 bits per heavy atom. The van der Waals surface area contributed by atoms with Crippen molar-refractivity contribution in [2.45, 2.75) is 11.9 Å². The number of hydrogen-bond acceptors (Lipinski definition) is 7. The summed E-state index contributed by atoms with van der Waals surface area (Å²) in [5, 5.41) is 26.2. The van der Waals surface area contributed by atoms with Gasteiger partial charge in [0.15, 0.2) is 0 Å². The fourth-order valence-electron chi connectivity index (χ4n) is 2.57. The number of rotatable bonds is 4. The zero-order chi connectivity index (χ0) is 20.5. The highest BCUT2D eigenvalue weighted by atomic mass is 32.2. The number of thioether (sulfide) groups is 1. The number of fused-ring (bicyclic) bond motifs is 1. The van der Waals surface area contributed by atoms with Gasteiger partial charge >= 0.3 is 23.3 Å². The molecule has 28 heavy (non-hydrogen) atoms. The number of nitro benzene ring substituents is 2. The molecule has 0 saturated carbocycles. The van der Waals surface area contributed by atoms with Crippen molar-refractivity contribution in [1.82, 2.24) is 0 Å². The molecule has 0 aromatic heterocycles. The summed E-state index contributed by atoms with van der Waals surface area (Å²) in [6, 6.07) is 7.52. The summed E-state index contributed by atoms with van der Waals surface area (Å²) >= 11 is 1.48. The average molecular weight is 413 g/mol. The molecule has 2 aromatic carbocycles. The summed E-state index contributed by atoms with van der Waals surface area (Å²) in [4.78, 5) is 25.0. The zero-order valence-corrected chi connectivity index (χ0v) is 14.6. The number of nitrogens with zero attached hydrogens (tertiary/aromatic N) is 3. The number of halogens is 3. The van der Waals surface area contributed by atoms with Crippen molar-refractivity contribution in [2.24, 2.45) is 5.16 Å². The van der Waals surface area contributed by atoms with E-state index in [1.807, 2.05) is 12.1 Å². The van der Waals surface area contributed by atoms with Gasteiger partial charge in [-0.15, -0.1) is 0 Å². The second-order valence-electron chi connectivity index (χ2n) is 5.63. The summed E-state index contributed by atoms with van der Waals surface area (Å²) in [6.45, 7) is 0. The van der Waals surface area contributed by atoms with E-state index in [1.54, 1.807) is 12.1 Å². The maximum absolute atomic E-state index is 12.9. The van der Waals surface area contributed by atoms with Crippen molar-refractivity contribution in [2.75, 3.05) is 5.75 Å². The van der Waals surface area contributed by atoms with Crippen molar-refractivity contribution in [3.8, 4) is 5.75 Å². The third kappa shape index (κ3) is 3.91. The molecule has 146 valence electrons. The molecule has 0 unspecified atom stereocenters. The Bertz CT molecular complexity index is 959. The van der Waals surface area contributed by atoms with E-state index >= 15 is 0 Å². The quantitative estimate of drug-likeness (QED) is 0.537. The Balaban J connectivity index is 2.09. The van der Waals surface area contributed by atoms with Crippen LogP contribution in [0.15, 0.2) is 41.6 Å². The Labute approximate surface area is 159 Å². The predicted octanol–water partition coefficient (Wildman–Crippen LogP) is 4.55. The molecule has 0 radical (unpaired) electrons. The van der Waals surface area contributed by atoms with Crippen LogP contribution in [0.3, 0.4) is 0 Å². The SMILES string of the molecule is O=[N+]([O-])c1cc(C(F)(F)F)cc([N+](=O)[O-])c1O/N=C1/CSCc2ccccc21. The maximum atomic E-state index is 12.9. The Kier molecular flexibility index (Phi) is 5.23. The number of nitro groups is 2. The zero-order valence-electron chi connectivity index (χ0n) is 13.8. The van der Waals surface area contributed by atoms with Gasteiger partial charge < -0.3 is 4.84 Å². The summed E-state index contributed by atoms with van der Waals surface area (Å²) in [6.07, 6.45) is -5.00. The number of hydrogen-bond donors (Lipinski definition) is 0. The second kappa shape index (κ2) is 7.46. The van der Waals surface area contributed by atoms with Crippen molar-refractivity contribution >= 4 is 28.8 Å². The lowest BCUT2D eigenvalue weighted by molar-refractivity contribution is -0.396. The molecule has 0 aliphatic carbocycles. The van der Waals surface area contributed by atoms with Gasteiger partial charge in [0.25, 0.3) is 0 Å². The first kappa shape index (κ1) is 19.6. The van der Waals surface area contributed by atoms with Gasteiger partial charge in [-0.1, -0.05) is 29.4 Å². The third-order valence-electron chi connectivity index (χ3n) is 3.84. The number of benzene rings is 2. The lowest BCUT2D eigenvalue weighted by Crippen LogP contribution is -2.14. The second-order valence-corrected chi connectivity index (χ2v) is 6.62. The van der Waals surface area contributed by atoms with Crippen LogP contribution in [0.4, 0.5) is 24.5 Å². The maximum Gasteiger partial charge on any atom is 0.416 e. The van der Waals surface area contributed by atoms with Crippen molar-refractivity contribution in [3.05, 3.63) is 73.3 Å². The van der Waals surface area contributed by atoms with Crippen LogP contribution in [0.2, 0.25) is 0 Å². The van der Waals surface area contributed by atoms with Crippen LogP contribution in [0.25, 0.3) is 0 Å². The summed E-state index contributed by atoms with van der Waals surface area (Å²) in [5.41, 5.74) is -1.90. The molecule has 0 fully saturated rings. The minimum atomic E-state index is -5.00. The van der Waals surface area contributed by atoms with Crippen molar-refractivity contribution in [3.63, 3.8) is 0 Å². The van der Waals surface area contributed by atoms with Crippen LogP contribution < -0.4 is 4.84 Å². The molecule has 0 saturated heterocycles. The number of alkyl halides is 3. The molecule has 0 atom stereocenters. The molecule has 0 spiro atoms. The fraction of sp³-hybridized carbons (Fsp3) is 0.188. The van der Waals surface area contributed by atoms with E-state index in [0.717, 1.165) is 5.56 Å². The lowest BCUT2D eigenvalue weighted by atomic mass is 10.1. The molecule has 1 aliphatic rings. The summed E-state index contributed by atoms with van der Waals surface area (Å²) < 4.78 is 38.8. The molecule has 0 N–H and O–H groups in total. The van der Waals surface area contributed by atoms with Crippen molar-refractivity contribution < 1.29 is 27.9 Å².